The molecule has 1 rings (SSSR count). The van der Waals surface area contributed by atoms with Crippen LogP contribution < -0.4 is 0 Å². The van der Waals surface area contributed by atoms with E-state index in [0.29, 0.717) is 11.1 Å². The average Bonchev–Trinajstić information content (AvgIpc) is 2.28. The molecular weight excluding hydrogens is 188 g/mol. The summed E-state index contributed by atoms with van der Waals surface area (Å²) in [4.78, 5) is 10.9. The Balaban J connectivity index is 3.12. The minimum Gasteiger partial charge on any atom is -0.481 e. The Hall–Kier alpha value is -1.31. The van der Waals surface area contributed by atoms with E-state index in [2.05, 4.69) is 0 Å². The van der Waals surface area contributed by atoms with Crippen LogP contribution in [0.4, 0.5) is 0 Å². The fourth-order valence-electron chi connectivity index (χ4n) is 1.27. The molecule has 1 aromatic rings. The molecular formula is C13H18O2. The minimum atomic E-state index is -1.71. The highest BCUT2D eigenvalue weighted by molar-refractivity contribution is 5.75. The maximum absolute atomic E-state index is 10.9. The number of benzene rings is 1. The fraction of sp³-hybridized carbons (Fsp3) is 0.462. The van der Waals surface area contributed by atoms with Crippen molar-refractivity contribution >= 4 is 5.97 Å². The summed E-state index contributed by atoms with van der Waals surface area (Å²) in [6.07, 6.45) is -1.46. The summed E-state index contributed by atoms with van der Waals surface area (Å²) in [5.74, 6) is -3.10. The topological polar surface area (TPSA) is 37.3 Å². The molecule has 2 heteroatoms. The van der Waals surface area contributed by atoms with Crippen molar-refractivity contribution in [1.82, 2.24) is 0 Å². The van der Waals surface area contributed by atoms with Gasteiger partial charge in [0.2, 0.25) is 0 Å². The Morgan fingerprint density at radius 1 is 1.40 bits per heavy atom. The molecule has 0 aliphatic rings. The molecule has 1 atom stereocenters. The fourth-order valence-corrected chi connectivity index (χ4v) is 1.27. The molecule has 0 spiro atoms. The predicted molar refractivity (Wildman–Crippen MR) is 61.0 cm³/mol. The number of rotatable bonds is 4. The monoisotopic (exact) mass is 209 g/mol. The van der Waals surface area contributed by atoms with E-state index in [4.69, 9.17) is 9.22 Å². The summed E-state index contributed by atoms with van der Waals surface area (Å²) in [6.45, 7) is 4.89. The molecule has 0 heterocycles. The van der Waals surface area contributed by atoms with Crippen LogP contribution >= 0.6 is 0 Å². The van der Waals surface area contributed by atoms with Gasteiger partial charge in [0.25, 0.3) is 0 Å². The third-order valence-electron chi connectivity index (χ3n) is 2.09. The first-order valence-corrected chi connectivity index (χ1v) is 4.94. The Kier molecular flexibility index (Phi) is 2.62. The van der Waals surface area contributed by atoms with Crippen LogP contribution in [0.2, 0.25) is 0 Å². The third-order valence-corrected chi connectivity index (χ3v) is 2.09. The largest absolute Gasteiger partial charge is 0.481 e. The van der Waals surface area contributed by atoms with Gasteiger partial charge in [0.1, 0.15) is 0 Å². The van der Waals surface area contributed by atoms with Crippen molar-refractivity contribution < 1.29 is 14.0 Å². The van der Waals surface area contributed by atoms with E-state index in [1.165, 1.54) is 19.1 Å². The molecule has 0 amide bonds. The molecule has 15 heavy (non-hydrogen) atoms. The zero-order valence-electron chi connectivity index (χ0n) is 12.2. The van der Waals surface area contributed by atoms with Crippen LogP contribution in [0.5, 0.6) is 0 Å². The van der Waals surface area contributed by atoms with Gasteiger partial charge in [0, 0.05) is 4.11 Å². The molecule has 1 N–H and O–H groups in total. The first kappa shape index (κ1) is 7.91. The summed E-state index contributed by atoms with van der Waals surface area (Å²) >= 11 is 0. The van der Waals surface area contributed by atoms with E-state index in [1.807, 2.05) is 0 Å². The van der Waals surface area contributed by atoms with Gasteiger partial charge < -0.3 is 5.11 Å². The maximum Gasteiger partial charge on any atom is 0.310 e. The maximum atomic E-state index is 10.9. The van der Waals surface area contributed by atoms with E-state index >= 15 is 0 Å². The Labute approximate surface area is 95.2 Å². The minimum absolute atomic E-state index is 0.176. The van der Waals surface area contributed by atoms with Crippen molar-refractivity contribution in [3.63, 3.8) is 0 Å². The second kappa shape index (κ2) is 4.96. The summed E-state index contributed by atoms with van der Waals surface area (Å²) in [6, 6.07) is 6.14. The van der Waals surface area contributed by atoms with Crippen LogP contribution in [0.1, 0.15) is 41.9 Å². The highest BCUT2D eigenvalue weighted by Gasteiger charge is 2.12. The molecule has 0 saturated heterocycles. The lowest BCUT2D eigenvalue weighted by Gasteiger charge is -2.09. The lowest BCUT2D eigenvalue weighted by Crippen LogP contribution is -2.07. The van der Waals surface area contributed by atoms with Crippen molar-refractivity contribution in [2.24, 2.45) is 5.92 Å². The Morgan fingerprint density at radius 3 is 2.33 bits per heavy atom. The third kappa shape index (κ3) is 3.39. The molecule has 0 radical (unpaired) electrons. The van der Waals surface area contributed by atoms with Crippen molar-refractivity contribution in [2.75, 3.05) is 0 Å². The summed E-state index contributed by atoms with van der Waals surface area (Å²) < 4.78 is 23.6. The van der Waals surface area contributed by atoms with Crippen LogP contribution in [-0.4, -0.2) is 11.1 Å². The van der Waals surface area contributed by atoms with Gasteiger partial charge in [-0.2, -0.15) is 0 Å². The van der Waals surface area contributed by atoms with Gasteiger partial charge in [-0.05, 0) is 30.3 Å². The molecule has 0 bridgehead atoms. The lowest BCUT2D eigenvalue weighted by molar-refractivity contribution is -0.138. The molecule has 0 unspecified atom stereocenters. The number of carboxylic acid groups (broad SMARTS) is 1. The molecule has 1 aromatic carbocycles. The molecule has 0 aromatic heterocycles. The van der Waals surface area contributed by atoms with Gasteiger partial charge in [0.15, 0.2) is 0 Å². The van der Waals surface area contributed by atoms with E-state index < -0.39 is 18.2 Å². The zero-order chi connectivity index (χ0) is 14.1. The Bertz CT molecular complexity index is 436. The second-order valence-corrected chi connectivity index (χ2v) is 3.81. The van der Waals surface area contributed by atoms with Gasteiger partial charge in [-0.25, -0.2) is 0 Å². The summed E-state index contributed by atoms with van der Waals surface area (Å²) in [7, 11) is 0. The Morgan fingerprint density at radius 2 is 1.93 bits per heavy atom. The highest BCUT2D eigenvalue weighted by Crippen LogP contribution is 2.17. The van der Waals surface area contributed by atoms with E-state index in [0.717, 1.165) is 0 Å². The van der Waals surface area contributed by atoms with E-state index in [9.17, 15) is 4.79 Å². The smallest absolute Gasteiger partial charge is 0.310 e. The van der Waals surface area contributed by atoms with Crippen molar-refractivity contribution in [3.05, 3.63) is 35.4 Å². The van der Waals surface area contributed by atoms with E-state index in [-0.39, 0.29) is 5.92 Å². The standard InChI is InChI=1S/C13H18O2/c1-9(2)8-11-4-6-12(7-5-11)10(3)13(14)15/h4-7,9-10H,8H2,1-3H3,(H,14,15)/t10-/m0/s1/i8D2,10D. The first-order valence-electron chi connectivity index (χ1n) is 6.44. The summed E-state index contributed by atoms with van der Waals surface area (Å²) in [5, 5.41) is 8.95. The zero-order valence-corrected chi connectivity index (χ0v) is 9.24. The van der Waals surface area contributed by atoms with Crippen molar-refractivity contribution in [1.29, 1.82) is 0 Å². The van der Waals surface area contributed by atoms with Crippen LogP contribution in [0, 0.1) is 5.92 Å². The SMILES string of the molecule is [2H]C([2H])(c1ccc([C@]([2H])(C)C(=O)O)cc1)C(C)C. The van der Waals surface area contributed by atoms with Crippen LogP contribution in [0.25, 0.3) is 0 Å². The van der Waals surface area contributed by atoms with Crippen LogP contribution in [0.3, 0.4) is 0 Å². The van der Waals surface area contributed by atoms with E-state index in [1.54, 1.807) is 26.0 Å². The molecule has 0 saturated carbocycles. The number of carbonyl (C=O) groups is 1. The predicted octanol–water partition coefficient (Wildman–Crippen LogP) is 3.07. The average molecular weight is 209 g/mol. The van der Waals surface area contributed by atoms with Gasteiger partial charge >= 0.3 is 5.97 Å². The second-order valence-electron chi connectivity index (χ2n) is 3.81. The number of carboxylic acids is 1. The highest BCUT2D eigenvalue weighted by atomic mass is 16.4. The van der Waals surface area contributed by atoms with Gasteiger partial charge in [-0.1, -0.05) is 38.1 Å². The molecule has 0 fully saturated rings. The normalized spacial score (nSPS) is 18.8. The van der Waals surface area contributed by atoms with Crippen molar-refractivity contribution in [2.45, 2.75) is 33.0 Å². The number of hydrogen-bond acceptors (Lipinski definition) is 1. The molecule has 0 aliphatic heterocycles. The van der Waals surface area contributed by atoms with Gasteiger partial charge in [0.05, 0.1) is 5.89 Å². The molecule has 0 aliphatic carbocycles. The van der Waals surface area contributed by atoms with Gasteiger partial charge in [-0.3, -0.25) is 4.79 Å². The van der Waals surface area contributed by atoms with Crippen molar-refractivity contribution in [3.8, 4) is 0 Å². The number of aliphatic carboxylic acids is 1. The first-order chi connectivity index (χ1) is 8.10. The summed E-state index contributed by atoms with van der Waals surface area (Å²) in [5.41, 5.74) is 0.848. The quantitative estimate of drug-likeness (QED) is 0.827. The van der Waals surface area contributed by atoms with Gasteiger partial charge in [-0.15, -0.1) is 0 Å². The molecule has 2 nitrogen and oxygen atoms in total. The van der Waals surface area contributed by atoms with Crippen LogP contribution in [-0.2, 0) is 11.2 Å². The molecule has 82 valence electrons. The number of hydrogen-bond donors (Lipinski definition) is 1. The lowest BCUT2D eigenvalue weighted by atomic mass is 9.97. The van der Waals surface area contributed by atoms with Crippen LogP contribution in [0.15, 0.2) is 24.3 Å².